The largest absolute Gasteiger partial charge is 0.480 e. The van der Waals surface area contributed by atoms with Crippen molar-refractivity contribution in [3.63, 3.8) is 0 Å². The number of carbonyl (C=O) groups is 4. The van der Waals surface area contributed by atoms with E-state index in [0.717, 1.165) is 50.7 Å². The second-order valence-electron chi connectivity index (χ2n) is 13.2. The summed E-state index contributed by atoms with van der Waals surface area (Å²) in [4.78, 5) is 53.7. The van der Waals surface area contributed by atoms with Gasteiger partial charge in [-0.1, -0.05) is 37.9 Å². The number of nitrogens with one attached hydrogen (secondary N) is 2. The number of fused-ring (bicyclic) bond motifs is 5. The number of Topliss-reactive ketones (excluding diaryl/α,β-unsaturated/α-hetero) is 1. The van der Waals surface area contributed by atoms with Crippen LogP contribution >= 0.6 is 0 Å². The number of carboxylic acid groups (broad SMARTS) is 1. The van der Waals surface area contributed by atoms with Gasteiger partial charge in [0.05, 0.1) is 5.71 Å². The molecular formula is C31H47N3O7. The third kappa shape index (κ3) is 5.68. The van der Waals surface area contributed by atoms with Crippen molar-refractivity contribution in [1.82, 2.24) is 10.6 Å². The maximum absolute atomic E-state index is 12.5. The van der Waals surface area contributed by atoms with Gasteiger partial charge in [-0.2, -0.15) is 0 Å². The third-order valence-corrected chi connectivity index (χ3v) is 11.1. The van der Waals surface area contributed by atoms with Crippen LogP contribution in [0.1, 0.15) is 98.8 Å². The minimum absolute atomic E-state index is 0.0476. The van der Waals surface area contributed by atoms with Crippen LogP contribution in [0.5, 0.6) is 0 Å². The van der Waals surface area contributed by atoms with Crippen molar-refractivity contribution >= 4 is 29.3 Å². The molecule has 0 heterocycles. The maximum Gasteiger partial charge on any atom is 0.326 e. The second kappa shape index (κ2) is 11.9. The number of amides is 2. The van der Waals surface area contributed by atoms with E-state index in [4.69, 9.17) is 4.84 Å². The number of hydrogen-bond donors (Lipinski definition) is 4. The van der Waals surface area contributed by atoms with Gasteiger partial charge in [0.25, 0.3) is 5.91 Å². The monoisotopic (exact) mass is 573 g/mol. The number of aliphatic hydroxyl groups is 1. The Bertz CT molecular complexity index is 1130. The van der Waals surface area contributed by atoms with Gasteiger partial charge in [-0.25, -0.2) is 4.79 Å². The first-order valence-electron chi connectivity index (χ1n) is 15.2. The molecule has 0 bridgehead atoms. The van der Waals surface area contributed by atoms with Crippen molar-refractivity contribution in [3.8, 4) is 0 Å². The van der Waals surface area contributed by atoms with Gasteiger partial charge in [-0.3, -0.25) is 14.4 Å². The molecule has 228 valence electrons. The molecule has 0 aromatic carbocycles. The molecule has 0 saturated heterocycles. The van der Waals surface area contributed by atoms with E-state index in [2.05, 4.69) is 35.7 Å². The minimum Gasteiger partial charge on any atom is -0.480 e. The van der Waals surface area contributed by atoms with Gasteiger partial charge in [0, 0.05) is 5.41 Å². The number of carboxylic acids is 1. The highest BCUT2D eigenvalue weighted by Crippen LogP contribution is 2.67. The van der Waals surface area contributed by atoms with Crippen molar-refractivity contribution in [2.75, 3.05) is 6.61 Å². The Kier molecular flexibility index (Phi) is 9.02. The van der Waals surface area contributed by atoms with Crippen LogP contribution in [-0.4, -0.2) is 63.8 Å². The Morgan fingerprint density at radius 1 is 1.07 bits per heavy atom. The molecule has 10 heteroatoms. The molecule has 0 radical (unpaired) electrons. The number of carbonyl (C=O) groups excluding carboxylic acids is 3. The lowest BCUT2D eigenvalue weighted by molar-refractivity contribution is -0.159. The Hall–Kier alpha value is -2.75. The number of allylic oxidation sites excluding steroid dienone is 2. The molecule has 41 heavy (non-hydrogen) atoms. The zero-order valence-electron chi connectivity index (χ0n) is 25.1. The van der Waals surface area contributed by atoms with Crippen LogP contribution < -0.4 is 10.6 Å². The lowest BCUT2D eigenvalue weighted by Gasteiger charge is -2.59. The van der Waals surface area contributed by atoms with Gasteiger partial charge in [0.15, 0.2) is 12.4 Å². The summed E-state index contributed by atoms with van der Waals surface area (Å²) in [6.45, 7) is 9.02. The Labute approximate surface area is 242 Å². The van der Waals surface area contributed by atoms with Gasteiger partial charge in [-0.15, -0.1) is 0 Å². The first kappa shape index (κ1) is 31.2. The lowest BCUT2D eigenvalue weighted by atomic mass is 9.46. The van der Waals surface area contributed by atoms with E-state index in [9.17, 15) is 29.4 Å². The van der Waals surface area contributed by atoms with Crippen LogP contribution in [0.3, 0.4) is 0 Å². The topological polar surface area (TPSA) is 154 Å². The molecule has 8 atom stereocenters. The van der Waals surface area contributed by atoms with Crippen LogP contribution in [0.2, 0.25) is 0 Å². The minimum atomic E-state index is -1.20. The summed E-state index contributed by atoms with van der Waals surface area (Å²) < 4.78 is 0. The van der Waals surface area contributed by atoms with E-state index in [0.29, 0.717) is 37.0 Å². The van der Waals surface area contributed by atoms with Crippen LogP contribution in [0.25, 0.3) is 0 Å². The number of ketones is 1. The highest BCUT2D eigenvalue weighted by Gasteiger charge is 2.65. The van der Waals surface area contributed by atoms with E-state index in [1.165, 1.54) is 12.5 Å². The first-order valence-corrected chi connectivity index (χ1v) is 15.2. The number of oxime groups is 1. The van der Waals surface area contributed by atoms with Crippen LogP contribution in [0.4, 0.5) is 0 Å². The van der Waals surface area contributed by atoms with Gasteiger partial charge in [0.2, 0.25) is 5.91 Å². The molecule has 0 aromatic rings. The summed E-state index contributed by atoms with van der Waals surface area (Å²) >= 11 is 0. The van der Waals surface area contributed by atoms with Gasteiger partial charge in [0.1, 0.15) is 17.7 Å². The number of hydrogen-bond acceptors (Lipinski definition) is 7. The normalized spacial score (nSPS) is 36.6. The standard InChI is InChI=1S/C31H47N3O7/c1-6-7-25(28(38)39)33-27(37)18(2)32-26(36)17-41-34-21-10-13-29(4)20(16-21)8-9-22-23(29)11-14-30(5)24(22)12-15-31(30,40)19(3)35/h16,18,22-25,40H,6-15,17H2,1-5H3,(H,32,36)(H,33,37)(H,38,39)/b34-21-/t18?,22?,23?,24?,25?,29-,30-,31-/m0/s1. The molecule has 4 N–H and O–H groups in total. The molecule has 4 aliphatic rings. The molecule has 0 spiro atoms. The highest BCUT2D eigenvalue weighted by atomic mass is 16.6. The van der Waals surface area contributed by atoms with E-state index >= 15 is 0 Å². The van der Waals surface area contributed by atoms with Crippen LogP contribution in [0, 0.1) is 28.6 Å². The quantitative estimate of drug-likeness (QED) is 0.292. The van der Waals surface area contributed by atoms with Gasteiger partial charge >= 0.3 is 5.97 Å². The average molecular weight is 574 g/mol. The molecule has 10 nitrogen and oxygen atoms in total. The summed E-state index contributed by atoms with van der Waals surface area (Å²) in [5.74, 6) is -0.915. The fourth-order valence-corrected chi connectivity index (χ4v) is 8.60. The van der Waals surface area contributed by atoms with Crippen molar-refractivity contribution in [3.05, 3.63) is 11.6 Å². The predicted octanol–water partition coefficient (Wildman–Crippen LogP) is 3.52. The lowest BCUT2D eigenvalue weighted by Crippen LogP contribution is -2.57. The summed E-state index contributed by atoms with van der Waals surface area (Å²) in [6, 6.07) is -1.90. The Morgan fingerprint density at radius 2 is 1.78 bits per heavy atom. The van der Waals surface area contributed by atoms with Crippen LogP contribution in [-0.2, 0) is 24.0 Å². The third-order valence-electron chi connectivity index (χ3n) is 11.1. The van der Waals surface area contributed by atoms with E-state index in [-0.39, 0.29) is 23.2 Å². The van der Waals surface area contributed by atoms with E-state index in [1.54, 1.807) is 6.92 Å². The van der Waals surface area contributed by atoms with Gasteiger partial charge in [-0.05, 0) is 101 Å². The van der Waals surface area contributed by atoms with Crippen molar-refractivity contribution in [1.29, 1.82) is 0 Å². The van der Waals surface area contributed by atoms with Crippen molar-refractivity contribution in [2.45, 2.75) is 117 Å². The molecule has 5 unspecified atom stereocenters. The summed E-state index contributed by atoms with van der Waals surface area (Å²) in [6.07, 6.45) is 10.0. The molecule has 4 rings (SSSR count). The van der Waals surface area contributed by atoms with E-state index in [1.807, 2.05) is 6.92 Å². The molecule has 2 amide bonds. The SMILES string of the molecule is CCCC(NC(=O)C(C)NC(=O)CO/N=C1\C=C2CCC3C(CC[C@@]4(C)C3CC[C@]4(O)C(C)=O)[C@@]2(C)CC1)C(=O)O. The van der Waals surface area contributed by atoms with Crippen LogP contribution in [0.15, 0.2) is 16.8 Å². The van der Waals surface area contributed by atoms with E-state index < -0.39 is 35.5 Å². The second-order valence-corrected chi connectivity index (χ2v) is 13.2. The number of nitrogens with zero attached hydrogens (tertiary/aromatic N) is 1. The zero-order chi connectivity index (χ0) is 30.2. The highest BCUT2D eigenvalue weighted by molar-refractivity contribution is 5.96. The maximum atomic E-state index is 12.5. The fourth-order valence-electron chi connectivity index (χ4n) is 8.60. The summed E-state index contributed by atoms with van der Waals surface area (Å²) in [7, 11) is 0. The molecule has 0 aliphatic heterocycles. The zero-order valence-corrected chi connectivity index (χ0v) is 25.1. The molecule has 0 aromatic heterocycles. The average Bonchev–Trinajstić information content (AvgIpc) is 3.20. The van der Waals surface area contributed by atoms with Crippen molar-refractivity contribution in [2.24, 2.45) is 33.7 Å². The van der Waals surface area contributed by atoms with Gasteiger partial charge < -0.3 is 25.7 Å². The smallest absolute Gasteiger partial charge is 0.326 e. The molecule has 4 aliphatic carbocycles. The van der Waals surface area contributed by atoms with Crippen molar-refractivity contribution < 1.29 is 34.2 Å². The number of rotatable bonds is 10. The number of aliphatic carboxylic acids is 1. The molecular weight excluding hydrogens is 526 g/mol. The first-order chi connectivity index (χ1) is 19.3. The fraction of sp³-hybridized carbons (Fsp3) is 0.774. The Morgan fingerprint density at radius 3 is 2.44 bits per heavy atom. The summed E-state index contributed by atoms with van der Waals surface area (Å²) in [5.41, 5.74) is 0.661. The molecule has 3 fully saturated rings. The summed E-state index contributed by atoms with van der Waals surface area (Å²) in [5, 5.41) is 29.8. The predicted molar refractivity (Wildman–Crippen MR) is 153 cm³/mol. The molecule has 3 saturated carbocycles. The Balaban J connectivity index is 1.33.